The molecule has 0 radical (unpaired) electrons. The molecule has 0 aromatic carbocycles. The molecule has 2 aromatic rings. The first kappa shape index (κ1) is 11.9. The molecule has 0 bridgehead atoms. The average molecular weight is 271 g/mol. The van der Waals surface area contributed by atoms with Crippen LogP contribution >= 0.6 is 23.1 Å². The number of carboxylic acids is 1. The zero-order chi connectivity index (χ0) is 12.4. The van der Waals surface area contributed by atoms with Crippen molar-refractivity contribution in [1.82, 2.24) is 14.8 Å². The van der Waals surface area contributed by atoms with E-state index in [9.17, 15) is 9.59 Å². The number of hydrogen-bond donors (Lipinski definition) is 2. The monoisotopic (exact) mass is 271 g/mol. The van der Waals surface area contributed by atoms with E-state index in [4.69, 9.17) is 5.11 Å². The number of thioether (sulfide) groups is 1. The maximum absolute atomic E-state index is 11.1. The van der Waals surface area contributed by atoms with Gasteiger partial charge in [0.05, 0.1) is 0 Å². The third-order valence-corrected chi connectivity index (χ3v) is 4.39. The SMILES string of the molecule is Cn1c(SCc2ccc(C(=O)O)s2)n[nH]c1=O. The highest BCUT2D eigenvalue weighted by Gasteiger charge is 2.09. The third kappa shape index (κ3) is 2.59. The molecular weight excluding hydrogens is 262 g/mol. The fourth-order valence-electron chi connectivity index (χ4n) is 1.17. The number of nitrogens with zero attached hydrogens (tertiary/aromatic N) is 2. The first-order valence-corrected chi connectivity index (χ1v) is 6.44. The predicted molar refractivity (Wildman–Crippen MR) is 64.7 cm³/mol. The smallest absolute Gasteiger partial charge is 0.345 e. The molecule has 2 rings (SSSR count). The lowest BCUT2D eigenvalue weighted by Crippen LogP contribution is -2.12. The molecule has 0 aliphatic heterocycles. The Morgan fingerprint density at radius 1 is 1.65 bits per heavy atom. The van der Waals surface area contributed by atoms with Gasteiger partial charge in [-0.3, -0.25) is 4.57 Å². The fourth-order valence-corrected chi connectivity index (χ4v) is 2.98. The molecule has 0 aliphatic carbocycles. The lowest BCUT2D eigenvalue weighted by Gasteiger charge is -1.96. The maximum Gasteiger partial charge on any atom is 0.345 e. The number of aromatic nitrogens is 3. The number of H-pyrrole nitrogens is 1. The minimum atomic E-state index is -0.918. The molecule has 0 aliphatic rings. The number of carbonyl (C=O) groups is 1. The molecule has 0 saturated carbocycles. The molecule has 17 heavy (non-hydrogen) atoms. The van der Waals surface area contributed by atoms with Crippen molar-refractivity contribution >= 4 is 29.1 Å². The number of thiophene rings is 1. The lowest BCUT2D eigenvalue weighted by atomic mass is 10.4. The largest absolute Gasteiger partial charge is 0.477 e. The Morgan fingerprint density at radius 3 is 2.94 bits per heavy atom. The van der Waals surface area contributed by atoms with Crippen molar-refractivity contribution in [1.29, 1.82) is 0 Å². The predicted octanol–water partition coefficient (Wildman–Crippen LogP) is 1.16. The number of aromatic carboxylic acids is 1. The van der Waals surface area contributed by atoms with E-state index in [-0.39, 0.29) is 5.69 Å². The third-order valence-electron chi connectivity index (χ3n) is 2.05. The number of aromatic amines is 1. The first-order valence-electron chi connectivity index (χ1n) is 4.64. The van der Waals surface area contributed by atoms with E-state index in [0.717, 1.165) is 4.88 Å². The van der Waals surface area contributed by atoms with Gasteiger partial charge in [0.25, 0.3) is 0 Å². The molecule has 8 heteroatoms. The van der Waals surface area contributed by atoms with Gasteiger partial charge in [-0.25, -0.2) is 14.7 Å². The van der Waals surface area contributed by atoms with Crippen LogP contribution in [0, 0.1) is 0 Å². The van der Waals surface area contributed by atoms with E-state index in [1.54, 1.807) is 19.2 Å². The van der Waals surface area contributed by atoms with Crippen LogP contribution in [0.1, 0.15) is 14.5 Å². The summed E-state index contributed by atoms with van der Waals surface area (Å²) in [5.41, 5.74) is -0.259. The van der Waals surface area contributed by atoms with Crippen molar-refractivity contribution in [3.05, 3.63) is 32.4 Å². The highest BCUT2D eigenvalue weighted by atomic mass is 32.2. The summed E-state index contributed by atoms with van der Waals surface area (Å²) in [5, 5.41) is 15.5. The quantitative estimate of drug-likeness (QED) is 0.815. The van der Waals surface area contributed by atoms with Crippen LogP contribution in [-0.4, -0.2) is 25.8 Å². The van der Waals surface area contributed by atoms with Gasteiger partial charge in [-0.05, 0) is 12.1 Å². The summed E-state index contributed by atoms with van der Waals surface area (Å²) in [6, 6.07) is 3.35. The molecular formula is C9H9N3O3S2. The van der Waals surface area contributed by atoms with Crippen LogP contribution in [0.2, 0.25) is 0 Å². The summed E-state index contributed by atoms with van der Waals surface area (Å²) in [6.07, 6.45) is 0. The standard InChI is InChI=1S/C9H9N3O3S2/c1-12-8(15)10-11-9(12)16-4-5-2-3-6(17-5)7(13)14/h2-3H,4H2,1H3,(H,10,15)(H,13,14). The second-order valence-electron chi connectivity index (χ2n) is 3.23. The van der Waals surface area contributed by atoms with Crippen LogP contribution in [-0.2, 0) is 12.8 Å². The number of rotatable bonds is 4. The van der Waals surface area contributed by atoms with Crippen molar-refractivity contribution in [2.75, 3.05) is 0 Å². The molecule has 6 nitrogen and oxygen atoms in total. The van der Waals surface area contributed by atoms with Gasteiger partial charge in [0, 0.05) is 17.7 Å². The van der Waals surface area contributed by atoms with E-state index in [1.807, 2.05) is 0 Å². The molecule has 90 valence electrons. The van der Waals surface area contributed by atoms with E-state index >= 15 is 0 Å². The normalized spacial score (nSPS) is 10.6. The first-order chi connectivity index (χ1) is 8.08. The summed E-state index contributed by atoms with van der Waals surface area (Å²) in [7, 11) is 1.63. The molecule has 2 N–H and O–H groups in total. The van der Waals surface area contributed by atoms with Crippen molar-refractivity contribution in [3.8, 4) is 0 Å². The Morgan fingerprint density at radius 2 is 2.41 bits per heavy atom. The van der Waals surface area contributed by atoms with Gasteiger partial charge in [0.1, 0.15) is 4.88 Å². The van der Waals surface area contributed by atoms with Gasteiger partial charge < -0.3 is 5.11 Å². The summed E-state index contributed by atoms with van der Waals surface area (Å²) < 4.78 is 1.41. The van der Waals surface area contributed by atoms with Crippen LogP contribution in [0.25, 0.3) is 0 Å². The summed E-state index contributed by atoms with van der Waals surface area (Å²) in [5.74, 6) is -0.325. The molecule has 2 heterocycles. The highest BCUT2D eigenvalue weighted by Crippen LogP contribution is 2.24. The molecule has 0 spiro atoms. The second kappa shape index (κ2) is 4.76. The zero-order valence-corrected chi connectivity index (χ0v) is 10.5. The Labute approximate surface area is 104 Å². The highest BCUT2D eigenvalue weighted by molar-refractivity contribution is 7.98. The lowest BCUT2D eigenvalue weighted by molar-refractivity contribution is 0.0702. The molecule has 0 amide bonds. The van der Waals surface area contributed by atoms with Crippen molar-refractivity contribution in [3.63, 3.8) is 0 Å². The fraction of sp³-hybridized carbons (Fsp3) is 0.222. The number of carboxylic acid groups (broad SMARTS) is 1. The van der Waals surface area contributed by atoms with Crippen LogP contribution in [0.3, 0.4) is 0 Å². The topological polar surface area (TPSA) is 88.0 Å². The second-order valence-corrected chi connectivity index (χ2v) is 5.34. The van der Waals surface area contributed by atoms with Crippen molar-refractivity contribution < 1.29 is 9.90 Å². The summed E-state index contributed by atoms with van der Waals surface area (Å²) >= 11 is 2.61. The minimum absolute atomic E-state index is 0.259. The molecule has 2 aromatic heterocycles. The molecule has 0 fully saturated rings. The minimum Gasteiger partial charge on any atom is -0.477 e. The van der Waals surface area contributed by atoms with E-state index in [1.165, 1.54) is 27.7 Å². The summed E-state index contributed by atoms with van der Waals surface area (Å²) in [4.78, 5) is 23.0. The van der Waals surface area contributed by atoms with Gasteiger partial charge in [-0.15, -0.1) is 16.4 Å². The Hall–Kier alpha value is -1.54. The average Bonchev–Trinajstić information content (AvgIpc) is 2.86. The van der Waals surface area contributed by atoms with E-state index < -0.39 is 5.97 Å². The molecule has 0 saturated heterocycles. The van der Waals surface area contributed by atoms with Crippen molar-refractivity contribution in [2.24, 2.45) is 7.05 Å². The maximum atomic E-state index is 11.1. The summed E-state index contributed by atoms with van der Waals surface area (Å²) in [6.45, 7) is 0. The van der Waals surface area contributed by atoms with Gasteiger partial charge in [0.15, 0.2) is 5.16 Å². The van der Waals surface area contributed by atoms with Crippen LogP contribution in [0.5, 0.6) is 0 Å². The Bertz CT molecular complexity index is 599. The van der Waals surface area contributed by atoms with Gasteiger partial charge in [-0.2, -0.15) is 0 Å². The van der Waals surface area contributed by atoms with Crippen LogP contribution in [0.15, 0.2) is 22.1 Å². The molecule has 0 atom stereocenters. The van der Waals surface area contributed by atoms with E-state index in [2.05, 4.69) is 10.2 Å². The Kier molecular flexibility index (Phi) is 3.34. The van der Waals surface area contributed by atoms with Crippen LogP contribution in [0.4, 0.5) is 0 Å². The zero-order valence-electron chi connectivity index (χ0n) is 8.84. The van der Waals surface area contributed by atoms with Gasteiger partial charge >= 0.3 is 11.7 Å². The Balaban J connectivity index is 2.05. The van der Waals surface area contributed by atoms with Crippen molar-refractivity contribution in [2.45, 2.75) is 10.9 Å². The number of nitrogens with one attached hydrogen (secondary N) is 1. The molecule has 0 unspecified atom stereocenters. The number of hydrogen-bond acceptors (Lipinski definition) is 5. The van der Waals surface area contributed by atoms with E-state index in [0.29, 0.717) is 15.8 Å². The van der Waals surface area contributed by atoms with Gasteiger partial charge in [0.2, 0.25) is 0 Å². The van der Waals surface area contributed by atoms with Gasteiger partial charge in [-0.1, -0.05) is 11.8 Å². The van der Waals surface area contributed by atoms with Crippen LogP contribution < -0.4 is 5.69 Å².